The summed E-state index contributed by atoms with van der Waals surface area (Å²) in [4.78, 5) is 0. The molecule has 2 aromatic rings. The topological polar surface area (TPSA) is 43.6 Å². The summed E-state index contributed by atoms with van der Waals surface area (Å²) >= 11 is -0.864. The molecule has 7 heteroatoms. The molecule has 134 valence electrons. The number of aromatic nitrogens is 4. The van der Waals surface area contributed by atoms with Gasteiger partial charge in [0.15, 0.2) is 0 Å². The molecule has 2 aliphatic rings. The van der Waals surface area contributed by atoms with Crippen molar-refractivity contribution in [2.45, 2.75) is 31.3 Å². The molecule has 0 bridgehead atoms. The summed E-state index contributed by atoms with van der Waals surface area (Å²) in [6.07, 6.45) is 3.98. The molecule has 26 heavy (non-hydrogen) atoms. The van der Waals surface area contributed by atoms with Crippen LogP contribution in [0.4, 0.5) is 0 Å². The van der Waals surface area contributed by atoms with Crippen LogP contribution in [0.15, 0.2) is 50.6 Å². The predicted molar refractivity (Wildman–Crippen MR) is 91.4 cm³/mol. The number of halogens is 2. The summed E-state index contributed by atoms with van der Waals surface area (Å²) < 4.78 is 4.04. The molecule has 4 rings (SSSR count). The van der Waals surface area contributed by atoms with Gasteiger partial charge in [0.25, 0.3) is 0 Å². The van der Waals surface area contributed by atoms with Crippen molar-refractivity contribution in [2.75, 3.05) is 0 Å². The number of tetrazole rings is 1. The summed E-state index contributed by atoms with van der Waals surface area (Å²) in [5.74, 6) is 0.597. The van der Waals surface area contributed by atoms with Gasteiger partial charge in [-0.15, -0.1) is 0 Å². The molecule has 0 spiro atoms. The minimum Gasteiger partial charge on any atom is -1.00 e. The van der Waals surface area contributed by atoms with Gasteiger partial charge in [0.1, 0.15) is 0 Å². The first-order chi connectivity index (χ1) is 11.6. The zero-order valence-corrected chi connectivity index (χ0v) is 19.1. The van der Waals surface area contributed by atoms with Gasteiger partial charge >= 0.3 is 154 Å². The molecule has 1 aromatic carbocycles. The second-order valence-corrected chi connectivity index (χ2v) is 10.1. The fraction of sp³-hybridized carbons (Fsp3) is 0.316. The third-order valence-electron chi connectivity index (χ3n) is 5.46. The molecule has 0 saturated carbocycles. The van der Waals surface area contributed by atoms with Crippen molar-refractivity contribution >= 4 is 11.8 Å². The second kappa shape index (κ2) is 8.33. The van der Waals surface area contributed by atoms with Crippen LogP contribution < -0.4 is 24.8 Å². The second-order valence-electron chi connectivity index (χ2n) is 6.60. The van der Waals surface area contributed by atoms with Gasteiger partial charge in [-0.2, -0.15) is 0 Å². The van der Waals surface area contributed by atoms with Crippen LogP contribution in [0.3, 0.4) is 0 Å². The van der Waals surface area contributed by atoms with Crippen LogP contribution >= 0.6 is 0 Å². The average molecular weight is 467 g/mol. The first-order valence-electron chi connectivity index (χ1n) is 8.27. The maximum absolute atomic E-state index is 4.16. The minimum absolute atomic E-state index is 0. The summed E-state index contributed by atoms with van der Waals surface area (Å²) in [5.41, 5.74) is 8.58. The number of hydrogen-bond acceptors (Lipinski definition) is 3. The van der Waals surface area contributed by atoms with E-state index in [1.54, 1.807) is 15.2 Å². The van der Waals surface area contributed by atoms with Crippen molar-refractivity contribution in [3.8, 4) is 0 Å². The third-order valence-corrected chi connectivity index (χ3v) is 10.4. The first kappa shape index (κ1) is 21.3. The summed E-state index contributed by atoms with van der Waals surface area (Å²) in [7, 11) is 0. The van der Waals surface area contributed by atoms with Gasteiger partial charge in [0.2, 0.25) is 0 Å². The number of allylic oxidation sites excluding steroid dienone is 5. The number of hydrogen-bond donors (Lipinski definition) is 0. The van der Waals surface area contributed by atoms with Gasteiger partial charge in [0, 0.05) is 0 Å². The SMILES string of the molecule is CC1=C(C)C(C)[C]([Zr+2][CH]2C(n3cnnn3)=Cc3ccccc32)=C1C.[Cl-].[Cl-]. The molecule has 0 saturated heterocycles. The van der Waals surface area contributed by atoms with E-state index in [1.165, 1.54) is 28.0 Å². The molecular formula is C19H20Cl2N4Zr. The standard InChI is InChI=1S/C10H7N4.C9H13.2ClH.Zr/c1-2-4-9-6-10(5-8(9)3-1)14-7-11-12-13-14;1-6-5-7(2)9(4)8(6)3;;;/h1-7H;6H,1-4H3;2*1H;/q;;;;+2/p-2. The van der Waals surface area contributed by atoms with Crippen LogP contribution in [0.2, 0.25) is 0 Å². The number of rotatable bonds is 3. The van der Waals surface area contributed by atoms with Crippen molar-refractivity contribution in [3.63, 3.8) is 0 Å². The summed E-state index contributed by atoms with van der Waals surface area (Å²) in [6.45, 7) is 9.23. The Morgan fingerprint density at radius 2 is 1.77 bits per heavy atom. The Hall–Kier alpha value is -1.03. The van der Waals surface area contributed by atoms with E-state index in [0.717, 1.165) is 0 Å². The molecule has 1 heterocycles. The monoisotopic (exact) mass is 464 g/mol. The van der Waals surface area contributed by atoms with E-state index in [4.69, 9.17) is 0 Å². The van der Waals surface area contributed by atoms with Gasteiger partial charge in [-0.25, -0.2) is 0 Å². The zero-order valence-electron chi connectivity index (χ0n) is 15.2. The zero-order chi connectivity index (χ0) is 16.8. The molecule has 0 fully saturated rings. The molecule has 1 aromatic heterocycles. The van der Waals surface area contributed by atoms with E-state index in [-0.39, 0.29) is 24.8 Å². The average Bonchev–Trinajstić information content (AvgIpc) is 3.28. The van der Waals surface area contributed by atoms with Crippen LogP contribution in [-0.2, 0) is 23.2 Å². The van der Waals surface area contributed by atoms with Gasteiger partial charge in [0.05, 0.1) is 0 Å². The summed E-state index contributed by atoms with van der Waals surface area (Å²) in [5, 5.41) is 11.8. The van der Waals surface area contributed by atoms with Crippen LogP contribution in [-0.4, -0.2) is 20.2 Å². The molecule has 0 N–H and O–H groups in total. The van der Waals surface area contributed by atoms with Crippen LogP contribution in [0, 0.1) is 5.92 Å². The molecule has 2 unspecified atom stereocenters. The smallest absolute Gasteiger partial charge is 1.00 e. The number of benzene rings is 1. The van der Waals surface area contributed by atoms with E-state index in [1.807, 2.05) is 4.68 Å². The van der Waals surface area contributed by atoms with Gasteiger partial charge in [-0.1, -0.05) is 0 Å². The molecule has 2 aliphatic carbocycles. The van der Waals surface area contributed by atoms with E-state index in [2.05, 4.69) is 73.6 Å². The fourth-order valence-corrected chi connectivity index (χ4v) is 8.52. The van der Waals surface area contributed by atoms with Crippen molar-refractivity contribution in [1.82, 2.24) is 20.2 Å². The summed E-state index contributed by atoms with van der Waals surface area (Å²) in [6, 6.07) is 8.73. The largest absolute Gasteiger partial charge is 1.00 e. The number of nitrogens with zero attached hydrogens (tertiary/aromatic N) is 4. The van der Waals surface area contributed by atoms with Gasteiger partial charge in [-0.05, 0) is 0 Å². The minimum atomic E-state index is -0.864. The maximum atomic E-state index is 4.16. The molecule has 0 amide bonds. The quantitative estimate of drug-likeness (QED) is 0.530. The molecule has 2 atom stereocenters. The van der Waals surface area contributed by atoms with Gasteiger partial charge < -0.3 is 24.8 Å². The molecular weight excluding hydrogens is 446 g/mol. The predicted octanol–water partition coefficient (Wildman–Crippen LogP) is -1.92. The van der Waals surface area contributed by atoms with Crippen molar-refractivity contribution in [3.05, 3.63) is 61.7 Å². The van der Waals surface area contributed by atoms with Crippen molar-refractivity contribution in [2.24, 2.45) is 5.92 Å². The molecule has 0 aliphatic heterocycles. The van der Waals surface area contributed by atoms with Crippen molar-refractivity contribution in [1.29, 1.82) is 0 Å². The van der Waals surface area contributed by atoms with Crippen LogP contribution in [0.1, 0.15) is 42.4 Å². The first-order valence-corrected chi connectivity index (χ1v) is 10.9. The Bertz CT molecular complexity index is 900. The fourth-order valence-electron chi connectivity index (χ4n) is 3.69. The van der Waals surface area contributed by atoms with Crippen LogP contribution in [0.25, 0.3) is 11.8 Å². The van der Waals surface area contributed by atoms with Crippen molar-refractivity contribution < 1.29 is 48.0 Å². The van der Waals surface area contributed by atoms with E-state index in [0.29, 0.717) is 9.54 Å². The third kappa shape index (κ3) is 3.42. The Kier molecular flexibility index (Phi) is 6.82. The Morgan fingerprint density at radius 1 is 1.04 bits per heavy atom. The molecule has 4 nitrogen and oxygen atoms in total. The van der Waals surface area contributed by atoms with E-state index >= 15 is 0 Å². The van der Waals surface area contributed by atoms with Crippen LogP contribution in [0.5, 0.6) is 0 Å². The van der Waals surface area contributed by atoms with E-state index in [9.17, 15) is 0 Å². The van der Waals surface area contributed by atoms with E-state index < -0.39 is 23.2 Å². The Morgan fingerprint density at radius 3 is 2.38 bits per heavy atom. The Labute approximate surface area is 178 Å². The Balaban J connectivity index is 0.00000121. The number of fused-ring (bicyclic) bond motifs is 1. The normalized spacial score (nSPS) is 21.0. The maximum Gasteiger partial charge on any atom is -1.00 e. The molecule has 0 radical (unpaired) electrons. The van der Waals surface area contributed by atoms with Gasteiger partial charge in [-0.3, -0.25) is 0 Å².